The standard InChI is InChI=1S/C6H13NO2.ClH/c1-3-5-7(4-2)6(8)9;/h3-5H2,1-2H3,(H,8,9);1H. The topological polar surface area (TPSA) is 40.5 Å². The Morgan fingerprint density at radius 1 is 1.50 bits per heavy atom. The fourth-order valence-electron chi connectivity index (χ4n) is 0.659. The second kappa shape index (κ2) is 6.68. The normalized spacial score (nSPS) is 8.20. The number of nitrogens with zero attached hydrogens (tertiary/aromatic N) is 1. The van der Waals surface area contributed by atoms with Gasteiger partial charge in [-0.15, -0.1) is 12.4 Å². The van der Waals surface area contributed by atoms with E-state index in [1.807, 2.05) is 13.8 Å². The minimum absolute atomic E-state index is 0. The molecule has 10 heavy (non-hydrogen) atoms. The summed E-state index contributed by atoms with van der Waals surface area (Å²) in [6.07, 6.45) is 0.0690. The molecule has 0 spiro atoms. The molecule has 0 saturated heterocycles. The first-order chi connectivity index (χ1) is 4.22. The summed E-state index contributed by atoms with van der Waals surface area (Å²) < 4.78 is 0. The third kappa shape index (κ3) is 4.44. The van der Waals surface area contributed by atoms with E-state index >= 15 is 0 Å². The smallest absolute Gasteiger partial charge is 0.407 e. The second-order valence-corrected chi connectivity index (χ2v) is 1.86. The predicted molar refractivity (Wildman–Crippen MR) is 42.8 cm³/mol. The molecule has 0 atom stereocenters. The average Bonchev–Trinajstić information content (AvgIpc) is 1.82. The van der Waals surface area contributed by atoms with Crippen molar-refractivity contribution in [2.24, 2.45) is 0 Å². The highest BCUT2D eigenvalue weighted by Gasteiger charge is 2.05. The molecule has 0 heterocycles. The molecule has 0 saturated carbocycles. The van der Waals surface area contributed by atoms with E-state index in [4.69, 9.17) is 5.11 Å². The summed E-state index contributed by atoms with van der Waals surface area (Å²) in [5, 5.41) is 8.43. The van der Waals surface area contributed by atoms with Crippen molar-refractivity contribution in [1.82, 2.24) is 4.90 Å². The molecule has 1 N–H and O–H groups in total. The Labute approximate surface area is 67.4 Å². The number of rotatable bonds is 3. The van der Waals surface area contributed by atoms with E-state index < -0.39 is 6.09 Å². The van der Waals surface area contributed by atoms with E-state index in [0.29, 0.717) is 13.1 Å². The zero-order chi connectivity index (χ0) is 7.28. The summed E-state index contributed by atoms with van der Waals surface area (Å²) in [5.41, 5.74) is 0. The van der Waals surface area contributed by atoms with E-state index in [-0.39, 0.29) is 12.4 Å². The molecule has 0 aliphatic rings. The highest BCUT2D eigenvalue weighted by molar-refractivity contribution is 5.85. The average molecular weight is 168 g/mol. The van der Waals surface area contributed by atoms with Gasteiger partial charge >= 0.3 is 6.09 Å². The largest absolute Gasteiger partial charge is 0.465 e. The zero-order valence-corrected chi connectivity index (χ0v) is 7.15. The maximum atomic E-state index is 10.2. The highest BCUT2D eigenvalue weighted by atomic mass is 35.5. The lowest BCUT2D eigenvalue weighted by Crippen LogP contribution is -2.29. The molecular weight excluding hydrogens is 154 g/mol. The minimum atomic E-state index is -0.820. The number of hydrogen-bond acceptors (Lipinski definition) is 1. The quantitative estimate of drug-likeness (QED) is 0.697. The molecule has 62 valence electrons. The number of halogens is 1. The Bertz CT molecular complexity index is 97.7. The van der Waals surface area contributed by atoms with E-state index in [0.717, 1.165) is 6.42 Å². The van der Waals surface area contributed by atoms with E-state index in [2.05, 4.69) is 0 Å². The molecule has 0 fully saturated rings. The maximum absolute atomic E-state index is 10.2. The molecule has 0 unspecified atom stereocenters. The van der Waals surface area contributed by atoms with Gasteiger partial charge in [0.05, 0.1) is 0 Å². The SMILES string of the molecule is CCCN(CC)C(=O)O.Cl. The summed E-state index contributed by atoms with van der Waals surface area (Å²) in [4.78, 5) is 11.6. The van der Waals surface area contributed by atoms with Gasteiger partial charge in [-0.25, -0.2) is 4.79 Å². The summed E-state index contributed by atoms with van der Waals surface area (Å²) in [7, 11) is 0. The zero-order valence-electron chi connectivity index (χ0n) is 6.33. The van der Waals surface area contributed by atoms with Crippen molar-refractivity contribution < 1.29 is 9.90 Å². The summed E-state index contributed by atoms with van der Waals surface area (Å²) in [6, 6.07) is 0. The molecule has 3 nitrogen and oxygen atoms in total. The predicted octanol–water partition coefficient (Wildman–Crippen LogP) is 1.82. The van der Waals surface area contributed by atoms with Crippen LogP contribution in [0.1, 0.15) is 20.3 Å². The first kappa shape index (κ1) is 12.3. The van der Waals surface area contributed by atoms with Crippen LogP contribution in [0.15, 0.2) is 0 Å². The summed E-state index contributed by atoms with van der Waals surface area (Å²) >= 11 is 0. The lowest BCUT2D eigenvalue weighted by atomic mass is 10.4. The van der Waals surface area contributed by atoms with Crippen LogP contribution < -0.4 is 0 Å². The van der Waals surface area contributed by atoms with Crippen LogP contribution in [-0.2, 0) is 0 Å². The summed E-state index contributed by atoms with van der Waals surface area (Å²) in [5.74, 6) is 0. The Kier molecular flexibility index (Phi) is 8.18. The Balaban J connectivity index is 0. The van der Waals surface area contributed by atoms with Crippen molar-refractivity contribution in [3.05, 3.63) is 0 Å². The molecule has 0 aliphatic heterocycles. The Morgan fingerprint density at radius 2 is 2.00 bits per heavy atom. The molecule has 0 bridgehead atoms. The first-order valence-electron chi connectivity index (χ1n) is 3.20. The number of hydrogen-bond donors (Lipinski definition) is 1. The molecule has 0 rings (SSSR count). The first-order valence-corrected chi connectivity index (χ1v) is 3.20. The van der Waals surface area contributed by atoms with Gasteiger partial charge in [0.2, 0.25) is 0 Å². The second-order valence-electron chi connectivity index (χ2n) is 1.86. The van der Waals surface area contributed by atoms with Gasteiger partial charge in [0.25, 0.3) is 0 Å². The van der Waals surface area contributed by atoms with Crippen LogP contribution in [0.5, 0.6) is 0 Å². The Morgan fingerprint density at radius 3 is 2.10 bits per heavy atom. The van der Waals surface area contributed by atoms with Crippen LogP contribution in [0.2, 0.25) is 0 Å². The van der Waals surface area contributed by atoms with Crippen molar-refractivity contribution in [3.8, 4) is 0 Å². The van der Waals surface area contributed by atoms with Crippen molar-refractivity contribution >= 4 is 18.5 Å². The fraction of sp³-hybridized carbons (Fsp3) is 0.833. The van der Waals surface area contributed by atoms with Crippen LogP contribution in [-0.4, -0.2) is 29.2 Å². The number of carboxylic acid groups (broad SMARTS) is 1. The van der Waals surface area contributed by atoms with Gasteiger partial charge in [0.15, 0.2) is 0 Å². The molecule has 4 heteroatoms. The van der Waals surface area contributed by atoms with Gasteiger partial charge in [0.1, 0.15) is 0 Å². The molecule has 0 aromatic carbocycles. The van der Waals surface area contributed by atoms with Crippen LogP contribution in [0, 0.1) is 0 Å². The van der Waals surface area contributed by atoms with Gasteiger partial charge in [-0.05, 0) is 13.3 Å². The maximum Gasteiger partial charge on any atom is 0.407 e. The van der Waals surface area contributed by atoms with E-state index in [1.165, 1.54) is 4.90 Å². The van der Waals surface area contributed by atoms with Crippen LogP contribution in [0.4, 0.5) is 4.79 Å². The fourth-order valence-corrected chi connectivity index (χ4v) is 0.659. The Hall–Kier alpha value is -0.440. The van der Waals surface area contributed by atoms with Crippen molar-refractivity contribution in [3.63, 3.8) is 0 Å². The minimum Gasteiger partial charge on any atom is -0.465 e. The lowest BCUT2D eigenvalue weighted by molar-refractivity contribution is 0.148. The molecule has 0 aliphatic carbocycles. The van der Waals surface area contributed by atoms with Crippen molar-refractivity contribution in [2.45, 2.75) is 20.3 Å². The summed E-state index contributed by atoms with van der Waals surface area (Å²) in [6.45, 7) is 5.03. The van der Waals surface area contributed by atoms with Gasteiger partial charge < -0.3 is 10.0 Å². The van der Waals surface area contributed by atoms with Crippen LogP contribution in [0.3, 0.4) is 0 Å². The van der Waals surface area contributed by atoms with Gasteiger partial charge in [-0.2, -0.15) is 0 Å². The molecular formula is C6H14ClNO2. The molecule has 0 aromatic heterocycles. The molecule has 0 radical (unpaired) electrons. The van der Waals surface area contributed by atoms with E-state index in [1.54, 1.807) is 0 Å². The van der Waals surface area contributed by atoms with Crippen molar-refractivity contribution in [1.29, 1.82) is 0 Å². The van der Waals surface area contributed by atoms with Crippen LogP contribution in [0.25, 0.3) is 0 Å². The van der Waals surface area contributed by atoms with E-state index in [9.17, 15) is 4.79 Å². The van der Waals surface area contributed by atoms with Gasteiger partial charge in [-0.3, -0.25) is 0 Å². The lowest BCUT2D eigenvalue weighted by Gasteiger charge is -2.14. The monoisotopic (exact) mass is 167 g/mol. The third-order valence-corrected chi connectivity index (χ3v) is 1.15. The third-order valence-electron chi connectivity index (χ3n) is 1.15. The molecule has 0 aromatic rings. The molecule has 1 amide bonds. The van der Waals surface area contributed by atoms with Gasteiger partial charge in [0, 0.05) is 13.1 Å². The number of amides is 1. The highest BCUT2D eigenvalue weighted by Crippen LogP contribution is 1.89. The van der Waals surface area contributed by atoms with Crippen LogP contribution >= 0.6 is 12.4 Å². The van der Waals surface area contributed by atoms with Crippen molar-refractivity contribution in [2.75, 3.05) is 13.1 Å². The number of carbonyl (C=O) groups is 1. The van der Waals surface area contributed by atoms with Gasteiger partial charge in [-0.1, -0.05) is 6.92 Å².